The Kier molecular flexibility index (Phi) is 8.41. The van der Waals surface area contributed by atoms with E-state index < -0.39 is 54.2 Å². The van der Waals surface area contributed by atoms with Gasteiger partial charge in [-0.2, -0.15) is 0 Å². The Morgan fingerprint density at radius 1 is 1.09 bits per heavy atom. The van der Waals surface area contributed by atoms with Crippen LogP contribution in [0.1, 0.15) is 40.5 Å². The zero-order chi connectivity index (χ0) is 23.8. The fourth-order valence-electron chi connectivity index (χ4n) is 2.96. The second kappa shape index (κ2) is 11.0. The summed E-state index contributed by atoms with van der Waals surface area (Å²) in [5.74, 6) is -4.28. The maximum absolute atomic E-state index is 12.2. The van der Waals surface area contributed by atoms with E-state index in [0.29, 0.717) is 11.1 Å². The number of aliphatic carboxylic acids is 1. The van der Waals surface area contributed by atoms with Crippen LogP contribution in [0.25, 0.3) is 0 Å². The number of ether oxygens (including phenoxy) is 1. The van der Waals surface area contributed by atoms with Gasteiger partial charge in [-0.3, -0.25) is 33.7 Å². The Hall–Kier alpha value is -3.80. The third kappa shape index (κ3) is 6.35. The maximum atomic E-state index is 12.2. The molecule has 0 aromatic heterocycles. The number of primary amides is 1. The van der Waals surface area contributed by atoms with E-state index in [1.807, 2.05) is 0 Å². The fraction of sp³-hybridized carbons (Fsp3) is 0.400. The van der Waals surface area contributed by atoms with Crippen LogP contribution in [0.4, 0.5) is 0 Å². The van der Waals surface area contributed by atoms with Gasteiger partial charge in [0.1, 0.15) is 18.7 Å². The molecule has 2 unspecified atom stereocenters. The molecule has 1 aromatic carbocycles. The van der Waals surface area contributed by atoms with Gasteiger partial charge in [-0.15, -0.1) is 0 Å². The van der Waals surface area contributed by atoms with E-state index >= 15 is 0 Å². The number of rotatable bonds is 12. The minimum Gasteiger partial charge on any atom is -0.481 e. The molecule has 5 N–H and O–H groups in total. The Morgan fingerprint density at radius 2 is 1.69 bits per heavy atom. The summed E-state index contributed by atoms with van der Waals surface area (Å²) in [6.07, 6.45) is -0.548. The number of carboxylic acid groups (broad SMARTS) is 1. The van der Waals surface area contributed by atoms with Gasteiger partial charge in [-0.25, -0.2) is 0 Å². The first-order valence-electron chi connectivity index (χ1n) is 9.75. The van der Waals surface area contributed by atoms with Crippen molar-refractivity contribution >= 4 is 35.5 Å². The third-order valence-corrected chi connectivity index (χ3v) is 4.65. The van der Waals surface area contributed by atoms with Gasteiger partial charge in [0.15, 0.2) is 0 Å². The van der Waals surface area contributed by atoms with Crippen LogP contribution in [-0.2, 0) is 23.9 Å². The smallest absolute Gasteiger partial charge is 0.303 e. The first-order chi connectivity index (χ1) is 15.1. The van der Waals surface area contributed by atoms with Crippen molar-refractivity contribution < 1.29 is 38.6 Å². The van der Waals surface area contributed by atoms with Crippen LogP contribution in [0.15, 0.2) is 24.3 Å². The van der Waals surface area contributed by atoms with Crippen molar-refractivity contribution in [3.63, 3.8) is 0 Å². The Morgan fingerprint density at radius 3 is 2.22 bits per heavy atom. The van der Waals surface area contributed by atoms with Gasteiger partial charge >= 0.3 is 5.97 Å². The summed E-state index contributed by atoms with van der Waals surface area (Å²) < 4.78 is 5.19. The zero-order valence-corrected chi connectivity index (χ0v) is 17.3. The van der Waals surface area contributed by atoms with E-state index in [1.54, 1.807) is 24.3 Å². The van der Waals surface area contributed by atoms with Crippen LogP contribution >= 0.6 is 0 Å². The van der Waals surface area contributed by atoms with Crippen molar-refractivity contribution in [2.24, 2.45) is 5.73 Å². The molecule has 2 atom stereocenters. The number of carbonyl (C=O) groups is 6. The number of nitrogens with zero attached hydrogens (tertiary/aromatic N) is 1. The summed E-state index contributed by atoms with van der Waals surface area (Å²) in [6.45, 7) is 0.804. The lowest BCUT2D eigenvalue weighted by Crippen LogP contribution is -2.52. The van der Waals surface area contributed by atoms with Gasteiger partial charge in [0.25, 0.3) is 11.8 Å². The van der Waals surface area contributed by atoms with Crippen molar-refractivity contribution in [1.29, 1.82) is 0 Å². The van der Waals surface area contributed by atoms with Crippen LogP contribution in [0.5, 0.6) is 0 Å². The number of fused-ring (bicyclic) bond motifs is 1. The number of nitrogens with two attached hydrogens (primary N) is 1. The van der Waals surface area contributed by atoms with Crippen LogP contribution in [0, 0.1) is 0 Å². The number of imide groups is 1. The largest absolute Gasteiger partial charge is 0.481 e. The van der Waals surface area contributed by atoms with E-state index in [4.69, 9.17) is 15.6 Å². The van der Waals surface area contributed by atoms with Gasteiger partial charge in [-0.05, 0) is 25.5 Å². The number of amides is 5. The molecule has 12 nitrogen and oxygen atoms in total. The van der Waals surface area contributed by atoms with Gasteiger partial charge in [0.05, 0.1) is 24.3 Å². The summed E-state index contributed by atoms with van der Waals surface area (Å²) in [5, 5.41) is 13.3. The van der Waals surface area contributed by atoms with Crippen molar-refractivity contribution in [2.45, 2.75) is 31.8 Å². The predicted octanol–water partition coefficient (Wildman–Crippen LogP) is -1.36. The molecule has 0 radical (unpaired) electrons. The topological polar surface area (TPSA) is 185 Å². The summed E-state index contributed by atoms with van der Waals surface area (Å²) in [7, 11) is 0. The molecule has 0 fully saturated rings. The number of hydrogen-bond donors (Lipinski definition) is 4. The normalized spacial score (nSPS) is 14.5. The van der Waals surface area contributed by atoms with Crippen LogP contribution < -0.4 is 16.4 Å². The highest BCUT2D eigenvalue weighted by Crippen LogP contribution is 2.21. The SMILES string of the molecule is CC(NC(=O)COCCN1C(=O)c2ccccc2C1=O)C(=O)NC(CCC(=O)O)C(N)=O. The molecule has 2 rings (SSSR count). The van der Waals surface area contributed by atoms with E-state index in [1.165, 1.54) is 6.92 Å². The molecule has 5 amide bonds. The molecule has 1 heterocycles. The van der Waals surface area contributed by atoms with Crippen LogP contribution in [0.3, 0.4) is 0 Å². The molecule has 0 saturated carbocycles. The lowest BCUT2D eigenvalue weighted by Gasteiger charge is -2.19. The quantitative estimate of drug-likeness (QED) is 0.223. The number of benzene rings is 1. The zero-order valence-electron chi connectivity index (χ0n) is 17.3. The Balaban J connectivity index is 1.73. The van der Waals surface area contributed by atoms with E-state index in [0.717, 1.165) is 4.90 Å². The molecule has 32 heavy (non-hydrogen) atoms. The second-order valence-corrected chi connectivity index (χ2v) is 7.05. The van der Waals surface area contributed by atoms with Gasteiger partial charge in [0, 0.05) is 6.42 Å². The van der Waals surface area contributed by atoms with Gasteiger partial charge in [-0.1, -0.05) is 12.1 Å². The van der Waals surface area contributed by atoms with Crippen LogP contribution in [0.2, 0.25) is 0 Å². The lowest BCUT2D eigenvalue weighted by molar-refractivity contribution is -0.137. The second-order valence-electron chi connectivity index (χ2n) is 7.05. The van der Waals surface area contributed by atoms with E-state index in [2.05, 4.69) is 10.6 Å². The standard InChI is InChI=1S/C20H24N4O8/c1-11(18(29)23-14(17(21)28)6-7-16(26)27)22-15(25)10-32-9-8-24-19(30)12-4-2-3-5-13(12)20(24)31/h2-5,11,14H,6-10H2,1H3,(H2,21,28)(H,22,25)(H,23,29)(H,26,27). The Labute approximate surface area is 183 Å². The highest BCUT2D eigenvalue weighted by atomic mass is 16.5. The molecule has 0 bridgehead atoms. The first kappa shape index (κ1) is 24.5. The fourth-order valence-corrected chi connectivity index (χ4v) is 2.96. The van der Waals surface area contributed by atoms with Crippen molar-refractivity contribution in [1.82, 2.24) is 15.5 Å². The molecule has 0 saturated heterocycles. The maximum Gasteiger partial charge on any atom is 0.303 e. The summed E-state index contributed by atoms with van der Waals surface area (Å²) >= 11 is 0. The predicted molar refractivity (Wildman–Crippen MR) is 108 cm³/mol. The average molecular weight is 448 g/mol. The van der Waals surface area contributed by atoms with E-state index in [-0.39, 0.29) is 26.0 Å². The molecule has 172 valence electrons. The van der Waals surface area contributed by atoms with Gasteiger partial charge in [0.2, 0.25) is 17.7 Å². The minimum atomic E-state index is -1.19. The monoisotopic (exact) mass is 448 g/mol. The molecule has 0 spiro atoms. The summed E-state index contributed by atoms with van der Waals surface area (Å²) in [4.78, 5) is 71.5. The molecule has 0 aliphatic carbocycles. The molecule has 1 aliphatic rings. The number of carboxylic acids is 1. The Bertz CT molecular complexity index is 897. The summed E-state index contributed by atoms with van der Waals surface area (Å²) in [6, 6.07) is 4.19. The molecule has 1 aromatic rings. The van der Waals surface area contributed by atoms with Crippen LogP contribution in [-0.4, -0.2) is 77.4 Å². The highest BCUT2D eigenvalue weighted by molar-refractivity contribution is 6.21. The number of hydrogen-bond acceptors (Lipinski definition) is 7. The average Bonchev–Trinajstić information content (AvgIpc) is 2.98. The third-order valence-electron chi connectivity index (χ3n) is 4.65. The van der Waals surface area contributed by atoms with E-state index in [9.17, 15) is 28.8 Å². The van der Waals surface area contributed by atoms with Crippen molar-refractivity contribution in [3.8, 4) is 0 Å². The molecular formula is C20H24N4O8. The number of nitrogens with one attached hydrogen (secondary N) is 2. The first-order valence-corrected chi connectivity index (χ1v) is 9.75. The number of carbonyl (C=O) groups excluding carboxylic acids is 5. The van der Waals surface area contributed by atoms with Crippen molar-refractivity contribution in [2.75, 3.05) is 19.8 Å². The molecule has 1 aliphatic heterocycles. The molecule has 12 heteroatoms. The highest BCUT2D eigenvalue weighted by Gasteiger charge is 2.34. The lowest BCUT2D eigenvalue weighted by atomic mass is 10.1. The summed E-state index contributed by atoms with van der Waals surface area (Å²) in [5.41, 5.74) is 5.77. The molecular weight excluding hydrogens is 424 g/mol. The minimum absolute atomic E-state index is 0.0421. The van der Waals surface area contributed by atoms with Crippen molar-refractivity contribution in [3.05, 3.63) is 35.4 Å². The van der Waals surface area contributed by atoms with Gasteiger partial charge < -0.3 is 26.2 Å².